The fourth-order valence-electron chi connectivity index (χ4n) is 2.92. The summed E-state index contributed by atoms with van der Waals surface area (Å²) in [5.41, 5.74) is 3.10. The molecule has 142 valence electrons. The molecule has 3 aromatic rings. The van der Waals surface area contributed by atoms with Gasteiger partial charge in [-0.25, -0.2) is 0 Å². The largest absolute Gasteiger partial charge is 0.336 e. The van der Waals surface area contributed by atoms with Crippen molar-refractivity contribution in [1.29, 1.82) is 0 Å². The van der Waals surface area contributed by atoms with Gasteiger partial charge in [-0.05, 0) is 41.3 Å². The lowest BCUT2D eigenvalue weighted by atomic mass is 10.0. The van der Waals surface area contributed by atoms with Crippen LogP contribution in [0, 0.1) is 0 Å². The van der Waals surface area contributed by atoms with Gasteiger partial charge in [0.25, 0.3) is 11.8 Å². The van der Waals surface area contributed by atoms with Gasteiger partial charge in [0.15, 0.2) is 0 Å². The van der Waals surface area contributed by atoms with E-state index in [9.17, 15) is 9.59 Å². The number of rotatable bonds is 6. The second-order valence-corrected chi connectivity index (χ2v) is 6.95. The van der Waals surface area contributed by atoms with Gasteiger partial charge in [0, 0.05) is 11.3 Å². The van der Waals surface area contributed by atoms with Crippen molar-refractivity contribution in [3.05, 3.63) is 102 Å². The third kappa shape index (κ3) is 4.86. The summed E-state index contributed by atoms with van der Waals surface area (Å²) in [6, 6.07) is 25.1. The first-order valence-electron chi connectivity index (χ1n) is 9.36. The molecule has 0 saturated heterocycles. The van der Waals surface area contributed by atoms with Gasteiger partial charge in [-0.1, -0.05) is 74.5 Å². The molecule has 0 radical (unpaired) electrons. The fourth-order valence-corrected chi connectivity index (χ4v) is 2.92. The molecule has 3 rings (SSSR count). The van der Waals surface area contributed by atoms with Crippen molar-refractivity contribution in [2.24, 2.45) is 0 Å². The lowest BCUT2D eigenvalue weighted by molar-refractivity contribution is -0.118. The highest BCUT2D eigenvalue weighted by molar-refractivity contribution is 6.01. The highest BCUT2D eigenvalue weighted by Crippen LogP contribution is 2.18. The predicted molar refractivity (Wildman–Crippen MR) is 112 cm³/mol. The molecule has 4 nitrogen and oxygen atoms in total. The second kappa shape index (κ2) is 9.00. The average Bonchev–Trinajstić information content (AvgIpc) is 2.73. The van der Waals surface area contributed by atoms with E-state index < -0.39 is 6.04 Å². The Bertz CT molecular complexity index is 920. The number of nitrogens with one attached hydrogen (secondary N) is 2. The number of hydrogen-bond acceptors (Lipinski definition) is 2. The Kier molecular flexibility index (Phi) is 6.22. The third-order valence-electron chi connectivity index (χ3n) is 4.55. The minimum atomic E-state index is -0.793. The summed E-state index contributed by atoms with van der Waals surface area (Å²) in [7, 11) is 0. The van der Waals surface area contributed by atoms with Crippen LogP contribution in [-0.4, -0.2) is 11.8 Å². The average molecular weight is 372 g/mol. The van der Waals surface area contributed by atoms with E-state index in [4.69, 9.17) is 0 Å². The Morgan fingerprint density at radius 3 is 1.86 bits per heavy atom. The van der Waals surface area contributed by atoms with Crippen LogP contribution in [0.15, 0.2) is 84.9 Å². The standard InChI is InChI=1S/C24H24N2O2/c1-17(2)18-13-15-20(16-14-18)23(27)26-22(19-9-5-3-6-10-19)24(28)25-21-11-7-4-8-12-21/h3-17,22H,1-2H3,(H,25,28)(H,26,27). The lowest BCUT2D eigenvalue weighted by Crippen LogP contribution is -2.37. The van der Waals surface area contributed by atoms with Crippen LogP contribution in [0.1, 0.15) is 47.3 Å². The number of benzene rings is 3. The van der Waals surface area contributed by atoms with Crippen molar-refractivity contribution in [2.45, 2.75) is 25.8 Å². The molecule has 0 fully saturated rings. The lowest BCUT2D eigenvalue weighted by Gasteiger charge is -2.19. The van der Waals surface area contributed by atoms with Crippen LogP contribution < -0.4 is 10.6 Å². The normalized spacial score (nSPS) is 11.7. The van der Waals surface area contributed by atoms with Crippen molar-refractivity contribution in [3.63, 3.8) is 0 Å². The molecule has 0 aliphatic rings. The van der Waals surface area contributed by atoms with Gasteiger partial charge in [-0.3, -0.25) is 9.59 Å². The molecular weight excluding hydrogens is 348 g/mol. The van der Waals surface area contributed by atoms with Gasteiger partial charge in [0.05, 0.1) is 0 Å². The van der Waals surface area contributed by atoms with E-state index in [1.165, 1.54) is 0 Å². The van der Waals surface area contributed by atoms with Crippen LogP contribution in [-0.2, 0) is 4.79 Å². The van der Waals surface area contributed by atoms with Gasteiger partial charge >= 0.3 is 0 Å². The molecule has 0 bridgehead atoms. The van der Waals surface area contributed by atoms with Crippen LogP contribution in [0.2, 0.25) is 0 Å². The van der Waals surface area contributed by atoms with E-state index in [0.717, 1.165) is 11.1 Å². The molecule has 2 amide bonds. The quantitative estimate of drug-likeness (QED) is 0.645. The Hall–Kier alpha value is -3.40. The molecule has 3 aromatic carbocycles. The highest BCUT2D eigenvalue weighted by Gasteiger charge is 2.23. The van der Waals surface area contributed by atoms with Crippen molar-refractivity contribution in [1.82, 2.24) is 5.32 Å². The summed E-state index contributed by atoms with van der Waals surface area (Å²) >= 11 is 0. The fraction of sp³-hybridized carbons (Fsp3) is 0.167. The van der Waals surface area contributed by atoms with Crippen molar-refractivity contribution in [2.75, 3.05) is 5.32 Å². The number of carbonyl (C=O) groups is 2. The first kappa shape index (κ1) is 19.4. The van der Waals surface area contributed by atoms with Crippen LogP contribution in [0.3, 0.4) is 0 Å². The maximum Gasteiger partial charge on any atom is 0.252 e. The summed E-state index contributed by atoms with van der Waals surface area (Å²) in [6.45, 7) is 4.21. The smallest absolute Gasteiger partial charge is 0.252 e. The van der Waals surface area contributed by atoms with Crippen LogP contribution in [0.4, 0.5) is 5.69 Å². The summed E-state index contributed by atoms with van der Waals surface area (Å²) in [5, 5.41) is 5.74. The number of amides is 2. The SMILES string of the molecule is CC(C)c1ccc(C(=O)NC(C(=O)Nc2ccccc2)c2ccccc2)cc1. The number of carbonyl (C=O) groups excluding carboxylic acids is 2. The number of para-hydroxylation sites is 1. The van der Waals surface area contributed by atoms with Gasteiger partial charge in [0.2, 0.25) is 0 Å². The van der Waals surface area contributed by atoms with Crippen molar-refractivity contribution < 1.29 is 9.59 Å². The molecule has 28 heavy (non-hydrogen) atoms. The molecule has 1 unspecified atom stereocenters. The first-order valence-corrected chi connectivity index (χ1v) is 9.36. The van der Waals surface area contributed by atoms with Crippen LogP contribution in [0.25, 0.3) is 0 Å². The number of anilines is 1. The van der Waals surface area contributed by atoms with Gasteiger partial charge in [-0.15, -0.1) is 0 Å². The Labute approximate surface area is 165 Å². The monoisotopic (exact) mass is 372 g/mol. The molecule has 4 heteroatoms. The second-order valence-electron chi connectivity index (χ2n) is 6.95. The maximum atomic E-state index is 12.9. The molecule has 1 atom stereocenters. The molecule has 0 spiro atoms. The van der Waals surface area contributed by atoms with Gasteiger partial charge in [-0.2, -0.15) is 0 Å². The van der Waals surface area contributed by atoms with Crippen LogP contribution in [0.5, 0.6) is 0 Å². The topological polar surface area (TPSA) is 58.2 Å². The zero-order valence-corrected chi connectivity index (χ0v) is 16.1. The van der Waals surface area contributed by atoms with E-state index in [1.807, 2.05) is 72.8 Å². The van der Waals surface area contributed by atoms with E-state index >= 15 is 0 Å². The molecule has 0 aliphatic carbocycles. The van der Waals surface area contributed by atoms with E-state index in [0.29, 0.717) is 17.2 Å². The maximum absolute atomic E-state index is 12.9. The van der Waals surface area contributed by atoms with E-state index in [-0.39, 0.29) is 11.8 Å². The Balaban J connectivity index is 1.81. The minimum absolute atomic E-state index is 0.285. The predicted octanol–water partition coefficient (Wildman–Crippen LogP) is 4.92. The molecule has 2 N–H and O–H groups in total. The van der Waals surface area contributed by atoms with Gasteiger partial charge in [0.1, 0.15) is 6.04 Å². The Morgan fingerprint density at radius 2 is 1.29 bits per heavy atom. The summed E-state index contributed by atoms with van der Waals surface area (Å²) in [5.74, 6) is -0.178. The van der Waals surface area contributed by atoms with E-state index in [2.05, 4.69) is 24.5 Å². The highest BCUT2D eigenvalue weighted by atomic mass is 16.2. The third-order valence-corrected chi connectivity index (χ3v) is 4.55. The molecular formula is C24H24N2O2. The Morgan fingerprint density at radius 1 is 0.714 bits per heavy atom. The zero-order chi connectivity index (χ0) is 19.9. The molecule has 0 aromatic heterocycles. The molecule has 0 aliphatic heterocycles. The van der Waals surface area contributed by atoms with Crippen molar-refractivity contribution >= 4 is 17.5 Å². The van der Waals surface area contributed by atoms with Crippen molar-refractivity contribution in [3.8, 4) is 0 Å². The summed E-state index contributed by atoms with van der Waals surface area (Å²) in [6.07, 6.45) is 0. The van der Waals surface area contributed by atoms with E-state index in [1.54, 1.807) is 12.1 Å². The summed E-state index contributed by atoms with van der Waals surface area (Å²) < 4.78 is 0. The first-order chi connectivity index (χ1) is 13.5. The number of hydrogen-bond donors (Lipinski definition) is 2. The zero-order valence-electron chi connectivity index (χ0n) is 16.1. The molecule has 0 heterocycles. The van der Waals surface area contributed by atoms with Gasteiger partial charge < -0.3 is 10.6 Å². The van der Waals surface area contributed by atoms with Crippen LogP contribution >= 0.6 is 0 Å². The minimum Gasteiger partial charge on any atom is -0.336 e. The summed E-state index contributed by atoms with van der Waals surface area (Å²) in [4.78, 5) is 25.7. The molecule has 0 saturated carbocycles.